The van der Waals surface area contributed by atoms with Gasteiger partial charge in [-0.05, 0) is 66.3 Å². The van der Waals surface area contributed by atoms with Crippen molar-refractivity contribution in [2.45, 2.75) is 31.9 Å². The maximum Gasteiger partial charge on any atom is 0.119 e. The molecule has 0 spiro atoms. The molecule has 3 heteroatoms. The molecule has 0 amide bonds. The SMILES string of the molecule is CCOc1ccc2c(c1)C1C=CCC1C(c1ccc(OCc3ccccc3)cc1)N2. The van der Waals surface area contributed by atoms with E-state index in [1.54, 1.807) is 0 Å². The van der Waals surface area contributed by atoms with Gasteiger partial charge in [-0.3, -0.25) is 0 Å². The second-order valence-electron chi connectivity index (χ2n) is 8.00. The van der Waals surface area contributed by atoms with Crippen LogP contribution in [0.15, 0.2) is 84.9 Å². The van der Waals surface area contributed by atoms with Gasteiger partial charge in [-0.1, -0.05) is 54.6 Å². The first-order chi connectivity index (χ1) is 14.8. The number of hydrogen-bond donors (Lipinski definition) is 1. The third kappa shape index (κ3) is 3.68. The van der Waals surface area contributed by atoms with E-state index in [2.05, 4.69) is 72.1 Å². The van der Waals surface area contributed by atoms with Crippen LogP contribution in [0.3, 0.4) is 0 Å². The van der Waals surface area contributed by atoms with Crippen molar-refractivity contribution in [1.29, 1.82) is 0 Å². The van der Waals surface area contributed by atoms with Crippen LogP contribution in [0, 0.1) is 5.92 Å². The van der Waals surface area contributed by atoms with E-state index in [-0.39, 0.29) is 0 Å². The van der Waals surface area contributed by atoms with Gasteiger partial charge in [0.1, 0.15) is 18.1 Å². The highest BCUT2D eigenvalue weighted by atomic mass is 16.5. The molecule has 0 saturated heterocycles. The fourth-order valence-electron chi connectivity index (χ4n) is 4.67. The number of hydrogen-bond acceptors (Lipinski definition) is 3. The van der Waals surface area contributed by atoms with Crippen molar-refractivity contribution in [3.05, 3.63) is 102 Å². The van der Waals surface area contributed by atoms with E-state index in [0.29, 0.717) is 31.1 Å². The number of allylic oxidation sites excluding steroid dienone is 2. The number of nitrogens with one attached hydrogen (secondary N) is 1. The maximum atomic E-state index is 5.97. The van der Waals surface area contributed by atoms with Crippen LogP contribution in [-0.4, -0.2) is 6.61 Å². The summed E-state index contributed by atoms with van der Waals surface area (Å²) in [5, 5.41) is 3.79. The highest BCUT2D eigenvalue weighted by molar-refractivity contribution is 5.61. The molecule has 5 rings (SSSR count). The average molecular weight is 398 g/mol. The van der Waals surface area contributed by atoms with Gasteiger partial charge in [0.2, 0.25) is 0 Å². The minimum atomic E-state index is 0.290. The van der Waals surface area contributed by atoms with Crippen molar-refractivity contribution < 1.29 is 9.47 Å². The molecule has 3 aromatic carbocycles. The smallest absolute Gasteiger partial charge is 0.119 e. The normalized spacial score (nSPS) is 21.4. The van der Waals surface area contributed by atoms with Crippen LogP contribution >= 0.6 is 0 Å². The van der Waals surface area contributed by atoms with E-state index < -0.39 is 0 Å². The summed E-state index contributed by atoms with van der Waals surface area (Å²) >= 11 is 0. The van der Waals surface area contributed by atoms with Gasteiger partial charge in [-0.15, -0.1) is 0 Å². The lowest BCUT2D eigenvalue weighted by Gasteiger charge is -2.37. The molecule has 30 heavy (non-hydrogen) atoms. The highest BCUT2D eigenvalue weighted by Gasteiger charge is 2.38. The zero-order chi connectivity index (χ0) is 20.3. The van der Waals surface area contributed by atoms with Crippen LogP contribution < -0.4 is 14.8 Å². The standard InChI is InChI=1S/C27H27NO2/c1-2-29-22-15-16-26-25(17-22)23-9-6-10-24(23)27(28-26)20-11-13-21(14-12-20)30-18-19-7-4-3-5-8-19/h3-9,11-17,23-24,27-28H,2,10,18H2,1H3. The second kappa shape index (κ2) is 8.27. The monoisotopic (exact) mass is 397 g/mol. The molecule has 0 radical (unpaired) electrons. The zero-order valence-electron chi connectivity index (χ0n) is 17.3. The maximum absolute atomic E-state index is 5.97. The van der Waals surface area contributed by atoms with E-state index in [9.17, 15) is 0 Å². The minimum absolute atomic E-state index is 0.290. The van der Waals surface area contributed by atoms with Gasteiger partial charge in [-0.2, -0.15) is 0 Å². The van der Waals surface area contributed by atoms with Crippen LogP contribution in [-0.2, 0) is 6.61 Å². The van der Waals surface area contributed by atoms with Gasteiger partial charge in [0.05, 0.1) is 12.6 Å². The van der Waals surface area contributed by atoms with Gasteiger partial charge in [0.25, 0.3) is 0 Å². The summed E-state index contributed by atoms with van der Waals surface area (Å²) in [6, 6.07) is 25.6. The van der Waals surface area contributed by atoms with E-state index in [1.807, 2.05) is 25.1 Å². The first-order valence-corrected chi connectivity index (χ1v) is 10.8. The zero-order valence-corrected chi connectivity index (χ0v) is 17.3. The summed E-state index contributed by atoms with van der Waals surface area (Å²) in [5.41, 5.74) is 5.04. The Morgan fingerprint density at radius 1 is 0.900 bits per heavy atom. The first-order valence-electron chi connectivity index (χ1n) is 10.8. The van der Waals surface area contributed by atoms with Crippen LogP contribution in [0.4, 0.5) is 5.69 Å². The molecule has 0 aromatic heterocycles. The van der Waals surface area contributed by atoms with E-state index in [1.165, 1.54) is 22.4 Å². The first kappa shape index (κ1) is 18.8. The van der Waals surface area contributed by atoms with E-state index >= 15 is 0 Å². The van der Waals surface area contributed by atoms with Crippen molar-refractivity contribution in [2.75, 3.05) is 11.9 Å². The van der Waals surface area contributed by atoms with Crippen LogP contribution in [0.5, 0.6) is 11.5 Å². The number of rotatable bonds is 6. The van der Waals surface area contributed by atoms with Crippen LogP contribution in [0.25, 0.3) is 0 Å². The molecular weight excluding hydrogens is 370 g/mol. The Morgan fingerprint density at radius 2 is 1.70 bits per heavy atom. The van der Waals surface area contributed by atoms with Gasteiger partial charge >= 0.3 is 0 Å². The third-order valence-electron chi connectivity index (χ3n) is 6.13. The number of ether oxygens (including phenoxy) is 2. The van der Waals surface area contributed by atoms with Gasteiger partial charge in [-0.25, -0.2) is 0 Å². The Morgan fingerprint density at radius 3 is 2.50 bits per heavy atom. The van der Waals surface area contributed by atoms with E-state index in [4.69, 9.17) is 9.47 Å². The van der Waals surface area contributed by atoms with Crippen molar-refractivity contribution in [2.24, 2.45) is 5.92 Å². The number of anilines is 1. The number of benzene rings is 3. The summed E-state index contributed by atoms with van der Waals surface area (Å²) in [5.74, 6) is 2.81. The minimum Gasteiger partial charge on any atom is -0.494 e. The molecule has 0 bridgehead atoms. The van der Waals surface area contributed by atoms with Crippen LogP contribution in [0.2, 0.25) is 0 Å². The predicted octanol–water partition coefficient (Wildman–Crippen LogP) is 6.49. The van der Waals surface area contributed by atoms with Crippen molar-refractivity contribution >= 4 is 5.69 Å². The lowest BCUT2D eigenvalue weighted by Crippen LogP contribution is -2.29. The fourth-order valence-corrected chi connectivity index (χ4v) is 4.67. The third-order valence-corrected chi connectivity index (χ3v) is 6.13. The molecule has 3 unspecified atom stereocenters. The van der Waals surface area contributed by atoms with E-state index in [0.717, 1.165) is 17.9 Å². The largest absolute Gasteiger partial charge is 0.494 e. The molecule has 1 N–H and O–H groups in total. The highest BCUT2D eigenvalue weighted by Crippen LogP contribution is 2.50. The Kier molecular flexibility index (Phi) is 5.18. The van der Waals surface area contributed by atoms with Crippen molar-refractivity contribution in [3.63, 3.8) is 0 Å². The molecule has 152 valence electrons. The molecule has 3 nitrogen and oxygen atoms in total. The molecule has 1 aliphatic heterocycles. The summed E-state index contributed by atoms with van der Waals surface area (Å²) in [4.78, 5) is 0. The Hall–Kier alpha value is -3.20. The molecular formula is C27H27NO2. The lowest BCUT2D eigenvalue weighted by atomic mass is 9.77. The molecule has 3 atom stereocenters. The second-order valence-corrected chi connectivity index (χ2v) is 8.00. The molecule has 3 aromatic rings. The summed E-state index contributed by atoms with van der Waals surface area (Å²) in [7, 11) is 0. The average Bonchev–Trinajstić information content (AvgIpc) is 3.29. The lowest BCUT2D eigenvalue weighted by molar-refractivity contribution is 0.306. The molecule has 0 saturated carbocycles. The summed E-state index contributed by atoms with van der Waals surface area (Å²) in [6.07, 6.45) is 5.78. The topological polar surface area (TPSA) is 30.5 Å². The van der Waals surface area contributed by atoms with Crippen molar-refractivity contribution in [3.8, 4) is 11.5 Å². The Bertz CT molecular complexity index is 1030. The molecule has 1 heterocycles. The molecule has 0 fully saturated rings. The molecule has 2 aliphatic rings. The molecule has 1 aliphatic carbocycles. The summed E-state index contributed by atoms with van der Waals surface area (Å²) < 4.78 is 11.7. The van der Waals surface area contributed by atoms with Gasteiger partial charge in [0, 0.05) is 11.6 Å². The fraction of sp³-hybridized carbons (Fsp3) is 0.259. The van der Waals surface area contributed by atoms with Gasteiger partial charge < -0.3 is 14.8 Å². The van der Waals surface area contributed by atoms with Crippen LogP contribution in [0.1, 0.15) is 42.0 Å². The number of fused-ring (bicyclic) bond motifs is 3. The Labute approximate surface area is 178 Å². The Balaban J connectivity index is 1.34. The van der Waals surface area contributed by atoms with Crippen molar-refractivity contribution in [1.82, 2.24) is 0 Å². The quantitative estimate of drug-likeness (QED) is 0.482. The summed E-state index contributed by atoms with van der Waals surface area (Å²) in [6.45, 7) is 3.31. The van der Waals surface area contributed by atoms with Gasteiger partial charge in [0.15, 0.2) is 0 Å². The predicted molar refractivity (Wildman–Crippen MR) is 121 cm³/mol.